The van der Waals surface area contributed by atoms with Crippen LogP contribution < -0.4 is 42.9 Å². The van der Waals surface area contributed by atoms with Crippen LogP contribution in [0.4, 0.5) is 11.4 Å². The molecule has 0 unspecified atom stereocenters. The third-order valence-corrected chi connectivity index (χ3v) is 17.7. The molecule has 0 aliphatic carbocycles. The number of aryl methyl sites for hydroxylation is 3. The van der Waals surface area contributed by atoms with Crippen LogP contribution in [0.5, 0.6) is 51.7 Å². The van der Waals surface area contributed by atoms with E-state index in [1.54, 1.807) is 12.1 Å². The van der Waals surface area contributed by atoms with Crippen molar-refractivity contribution in [2.75, 3.05) is 11.5 Å². The number of ether oxygens (including phenoxy) is 3. The molecule has 0 bridgehead atoms. The first kappa shape index (κ1) is 76.9. The van der Waals surface area contributed by atoms with Crippen molar-refractivity contribution in [2.45, 2.75) is 117 Å². The van der Waals surface area contributed by atoms with Gasteiger partial charge in [0.25, 0.3) is 0 Å². The van der Waals surface area contributed by atoms with Crippen LogP contribution in [0.2, 0.25) is 0 Å². The molecule has 3 heterocycles. The lowest BCUT2D eigenvalue weighted by molar-refractivity contribution is -0.135. The summed E-state index contributed by atoms with van der Waals surface area (Å²) in [4.78, 5) is 110. The minimum Gasteiger partial charge on any atom is -0.506 e. The highest BCUT2D eigenvalue weighted by molar-refractivity contribution is 14.1. The van der Waals surface area contributed by atoms with Crippen LogP contribution in [-0.4, -0.2) is 83.6 Å². The second-order valence-corrected chi connectivity index (χ2v) is 26.4. The Balaban J connectivity index is 0.000000209. The normalized spacial score (nSPS) is 11.0. The van der Waals surface area contributed by atoms with Gasteiger partial charge in [0.15, 0.2) is 57.6 Å². The Morgan fingerprint density at radius 3 is 0.970 bits per heavy atom. The molecule has 0 radical (unpaired) electrons. The lowest BCUT2D eigenvalue weighted by Gasteiger charge is -2.08. The maximum atomic E-state index is 13.5. The second kappa shape index (κ2) is 34.4. The standard InChI is InChI=1S/C23H21Br2NO7.C23H21I2NO7.C23H25N3O7/c3*1-2-3-4-20(29)33-18-10-17-12(9-15(18)27)21(16(32-17)5-6-19(26)28)22(30)11-7-13(24)23(31)14(25)8-11/h2*7-10,27,31H,2-6H2,1H3,(H2,26,28);7-10,27,31H,2-6,24-25H2,1H3,(H2,26,28). The highest BCUT2D eigenvalue weighted by Crippen LogP contribution is 2.43. The van der Waals surface area contributed by atoms with E-state index in [-0.39, 0.29) is 194 Å². The number of phenolic OH excluding ortho intramolecular Hbond substituents is 6. The van der Waals surface area contributed by atoms with E-state index in [2.05, 4.69) is 31.9 Å². The Morgan fingerprint density at radius 1 is 0.404 bits per heavy atom. The van der Waals surface area contributed by atoms with Crippen molar-refractivity contribution < 1.29 is 101 Å². The maximum absolute atomic E-state index is 13.5. The largest absolute Gasteiger partial charge is 0.506 e. The number of halogens is 4. The summed E-state index contributed by atoms with van der Waals surface area (Å²) in [6, 6.07) is 16.3. The summed E-state index contributed by atoms with van der Waals surface area (Å²) in [5.41, 5.74) is 28.6. The number of ketones is 3. The highest BCUT2D eigenvalue weighted by atomic mass is 127. The molecule has 9 rings (SSSR count). The first-order valence-electron chi connectivity index (χ1n) is 30.6. The Bertz CT molecular complexity index is 4140. The quantitative estimate of drug-likeness (QED) is 0.00569. The van der Waals surface area contributed by atoms with Gasteiger partial charge in [0.1, 0.15) is 45.5 Å². The van der Waals surface area contributed by atoms with Gasteiger partial charge in [-0.25, -0.2) is 0 Å². The molecule has 26 nitrogen and oxygen atoms in total. The van der Waals surface area contributed by atoms with Crippen molar-refractivity contribution in [1.82, 2.24) is 0 Å². The number of anilines is 2. The van der Waals surface area contributed by atoms with Crippen LogP contribution in [0.15, 0.2) is 95.0 Å². The minimum absolute atomic E-state index is 0.0144. The summed E-state index contributed by atoms with van der Waals surface area (Å²) in [6.45, 7) is 5.82. The van der Waals surface area contributed by atoms with Crippen molar-refractivity contribution in [1.29, 1.82) is 0 Å². The third-order valence-electron chi connectivity index (χ3n) is 14.9. The van der Waals surface area contributed by atoms with Gasteiger partial charge in [-0.05, 0) is 151 Å². The molecule has 0 aliphatic heterocycles. The number of primary amides is 3. The molecule has 0 fully saturated rings. The maximum Gasteiger partial charge on any atom is 0.311 e. The SMILES string of the molecule is CCCCC(=O)Oc1cc2oc(CCC(N)=O)c(C(=O)c3cc(Br)c(O)c(Br)c3)c2cc1O.CCCCC(=O)Oc1cc2oc(CCC(N)=O)c(C(=O)c3cc(I)c(O)c(I)c3)c2cc1O.CCCCC(=O)Oc1cc2oc(CCC(N)=O)c(C(=O)c3cc(N)c(O)c(N)c3)c2cc1O. The second-order valence-electron chi connectivity index (χ2n) is 22.3. The van der Waals surface area contributed by atoms with Crippen molar-refractivity contribution in [3.8, 4) is 51.7 Å². The summed E-state index contributed by atoms with van der Waals surface area (Å²) in [5, 5.41) is 62.0. The molecule has 30 heteroatoms. The van der Waals surface area contributed by atoms with E-state index in [0.717, 1.165) is 19.3 Å². The molecule has 0 spiro atoms. The van der Waals surface area contributed by atoms with Crippen LogP contribution in [0.1, 0.15) is 163 Å². The highest BCUT2D eigenvalue weighted by Gasteiger charge is 2.30. The van der Waals surface area contributed by atoms with Gasteiger partial charge >= 0.3 is 17.9 Å². The summed E-state index contributed by atoms with van der Waals surface area (Å²) >= 11 is 10.3. The number of unbranched alkanes of at least 4 members (excludes halogenated alkanes) is 3. The number of amides is 3. The van der Waals surface area contributed by atoms with E-state index in [0.29, 0.717) is 46.3 Å². The summed E-state index contributed by atoms with van der Waals surface area (Å²) in [7, 11) is 0. The molecule has 0 aliphatic rings. The van der Waals surface area contributed by atoms with Gasteiger partial charge in [-0.2, -0.15) is 0 Å². The topological polar surface area (TPSA) is 472 Å². The van der Waals surface area contributed by atoms with E-state index in [4.69, 9.17) is 56.1 Å². The van der Waals surface area contributed by atoms with Crippen molar-refractivity contribution in [3.05, 3.63) is 140 Å². The predicted molar refractivity (Wildman–Crippen MR) is 386 cm³/mol. The zero-order valence-corrected chi connectivity index (χ0v) is 60.7. The Morgan fingerprint density at radius 2 is 0.687 bits per heavy atom. The Labute approximate surface area is 608 Å². The number of nitrogens with two attached hydrogens (primary N) is 5. The number of carbonyl (C=O) groups excluding carboxylic acids is 9. The number of phenols is 6. The van der Waals surface area contributed by atoms with E-state index in [1.807, 2.05) is 66.0 Å². The molecule has 0 saturated carbocycles. The number of fused-ring (bicyclic) bond motifs is 3. The number of rotatable bonds is 27. The average molecular weight is 1720 g/mol. The number of esters is 3. The first-order valence-corrected chi connectivity index (χ1v) is 34.3. The smallest absolute Gasteiger partial charge is 0.311 e. The van der Waals surface area contributed by atoms with Crippen molar-refractivity contribution in [2.24, 2.45) is 17.2 Å². The van der Waals surface area contributed by atoms with E-state index in [1.165, 1.54) is 60.7 Å². The zero-order chi connectivity index (χ0) is 72.9. The van der Waals surface area contributed by atoms with E-state index in [9.17, 15) is 73.8 Å². The minimum atomic E-state index is -0.597. The molecule has 3 aromatic heterocycles. The number of hydrogen-bond donors (Lipinski definition) is 11. The predicted octanol–water partition coefficient (Wildman–Crippen LogP) is 12.7. The van der Waals surface area contributed by atoms with Gasteiger partial charge in [0.05, 0.1) is 44.2 Å². The fourth-order valence-corrected chi connectivity index (χ4v) is 12.8. The molecular formula is C69H67Br2I2N5O21. The van der Waals surface area contributed by atoms with Crippen molar-refractivity contribution >= 4 is 174 Å². The molecular weight excluding hydrogens is 1650 g/mol. The number of carbonyl (C=O) groups is 9. The lowest BCUT2D eigenvalue weighted by atomic mass is 9.97. The van der Waals surface area contributed by atoms with Gasteiger partial charge in [-0.1, -0.05) is 40.0 Å². The fourth-order valence-electron chi connectivity index (χ4n) is 9.84. The molecule has 522 valence electrons. The molecule has 6 aromatic carbocycles. The first-order chi connectivity index (χ1) is 46.8. The molecule has 0 atom stereocenters. The molecule has 99 heavy (non-hydrogen) atoms. The Kier molecular flexibility index (Phi) is 26.7. The van der Waals surface area contributed by atoms with Gasteiger partial charge in [0, 0.05) is 109 Å². The number of aromatic hydroxyl groups is 6. The average Bonchev–Trinajstić information content (AvgIpc) is 1.65. The number of furan rings is 3. The van der Waals surface area contributed by atoms with Crippen LogP contribution in [0.25, 0.3) is 32.9 Å². The summed E-state index contributed by atoms with van der Waals surface area (Å²) < 4.78 is 34.8. The number of benzene rings is 6. The summed E-state index contributed by atoms with van der Waals surface area (Å²) in [6.07, 6.45) is 4.91. The van der Waals surface area contributed by atoms with Crippen LogP contribution >= 0.6 is 77.0 Å². The molecule has 9 aromatic rings. The zero-order valence-electron chi connectivity index (χ0n) is 53.2. The van der Waals surface area contributed by atoms with Gasteiger partial charge < -0.3 is 86.8 Å². The van der Waals surface area contributed by atoms with Crippen LogP contribution in [0.3, 0.4) is 0 Å². The van der Waals surface area contributed by atoms with Crippen LogP contribution in [-0.2, 0) is 48.0 Å². The molecule has 16 N–H and O–H groups in total. The van der Waals surface area contributed by atoms with Gasteiger partial charge in [0.2, 0.25) is 17.7 Å². The van der Waals surface area contributed by atoms with Gasteiger partial charge in [-0.15, -0.1) is 0 Å². The van der Waals surface area contributed by atoms with E-state index >= 15 is 0 Å². The van der Waals surface area contributed by atoms with Gasteiger partial charge in [-0.3, -0.25) is 43.2 Å². The number of hydrogen-bond acceptors (Lipinski definition) is 23. The number of nitrogen functional groups attached to an aromatic ring is 2. The molecule has 0 saturated heterocycles. The summed E-state index contributed by atoms with van der Waals surface area (Å²) in [5.74, 6) is -5.72. The van der Waals surface area contributed by atoms with Crippen molar-refractivity contribution in [3.63, 3.8) is 0 Å². The van der Waals surface area contributed by atoms with Crippen LogP contribution in [0, 0.1) is 7.14 Å². The molecule has 3 amide bonds. The lowest BCUT2D eigenvalue weighted by Crippen LogP contribution is -2.12. The monoisotopic (exact) mass is 1710 g/mol. The van der Waals surface area contributed by atoms with E-state index < -0.39 is 53.0 Å². The fraction of sp³-hybridized carbons (Fsp3) is 0.261. The third kappa shape index (κ3) is 19.3. The Hall–Kier alpha value is -9.41.